The van der Waals surface area contributed by atoms with Gasteiger partial charge >= 0.3 is 0 Å². The van der Waals surface area contributed by atoms with Crippen LogP contribution in [-0.2, 0) is 4.74 Å². The molecule has 0 N–H and O–H groups in total. The van der Waals surface area contributed by atoms with Crippen LogP contribution in [0.15, 0.2) is 0 Å². The van der Waals surface area contributed by atoms with Crippen molar-refractivity contribution in [2.45, 2.75) is 64.4 Å². The van der Waals surface area contributed by atoms with Gasteiger partial charge in [-0.05, 0) is 38.0 Å². The van der Waals surface area contributed by atoms with E-state index in [0.29, 0.717) is 6.10 Å². The lowest BCUT2D eigenvalue weighted by Gasteiger charge is -2.35. The van der Waals surface area contributed by atoms with Gasteiger partial charge in [0.1, 0.15) is 0 Å². The van der Waals surface area contributed by atoms with E-state index >= 15 is 0 Å². The van der Waals surface area contributed by atoms with Crippen molar-refractivity contribution in [3.63, 3.8) is 0 Å². The zero-order valence-corrected chi connectivity index (χ0v) is 11.5. The van der Waals surface area contributed by atoms with Crippen LogP contribution in [0.2, 0.25) is 0 Å². The molecular weight excluding hydrogens is 210 g/mol. The Morgan fingerprint density at radius 1 is 1.00 bits per heavy atom. The second-order valence-electron chi connectivity index (χ2n) is 5.87. The molecule has 0 aromatic carbocycles. The topological polar surface area (TPSA) is 12.5 Å². The number of rotatable bonds is 5. The lowest BCUT2D eigenvalue weighted by atomic mass is 9.88. The smallest absolute Gasteiger partial charge is 0.0599 e. The molecule has 2 nitrogen and oxygen atoms in total. The van der Waals surface area contributed by atoms with E-state index in [-0.39, 0.29) is 0 Å². The van der Waals surface area contributed by atoms with E-state index in [2.05, 4.69) is 11.8 Å². The summed E-state index contributed by atoms with van der Waals surface area (Å²) in [6.45, 7) is 7.04. The summed E-state index contributed by atoms with van der Waals surface area (Å²) in [5.41, 5.74) is 0. The maximum absolute atomic E-state index is 5.84. The van der Waals surface area contributed by atoms with Crippen molar-refractivity contribution in [1.82, 2.24) is 4.90 Å². The normalized spacial score (nSPS) is 25.2. The van der Waals surface area contributed by atoms with Crippen molar-refractivity contribution in [2.75, 3.05) is 26.2 Å². The first kappa shape index (κ1) is 13.4. The summed E-state index contributed by atoms with van der Waals surface area (Å²) < 4.78 is 5.84. The molecule has 1 aliphatic heterocycles. The van der Waals surface area contributed by atoms with Crippen LogP contribution in [-0.4, -0.2) is 37.2 Å². The van der Waals surface area contributed by atoms with Crippen molar-refractivity contribution >= 4 is 0 Å². The molecule has 1 saturated heterocycles. The predicted octanol–water partition coefficient (Wildman–Crippen LogP) is 3.46. The molecule has 1 aliphatic carbocycles. The lowest BCUT2D eigenvalue weighted by Crippen LogP contribution is -2.40. The average molecular weight is 239 g/mol. The summed E-state index contributed by atoms with van der Waals surface area (Å²) in [4.78, 5) is 2.68. The summed E-state index contributed by atoms with van der Waals surface area (Å²) in [6.07, 6.45) is 11.6. The van der Waals surface area contributed by atoms with Crippen molar-refractivity contribution in [3.05, 3.63) is 0 Å². The quantitative estimate of drug-likeness (QED) is 0.728. The maximum Gasteiger partial charge on any atom is 0.0599 e. The fourth-order valence-corrected chi connectivity index (χ4v) is 3.28. The van der Waals surface area contributed by atoms with Crippen LogP contribution in [0.5, 0.6) is 0 Å². The van der Waals surface area contributed by atoms with E-state index in [0.717, 1.165) is 18.9 Å². The largest absolute Gasteiger partial charge is 0.378 e. The van der Waals surface area contributed by atoms with Gasteiger partial charge in [0.25, 0.3) is 0 Å². The van der Waals surface area contributed by atoms with Crippen molar-refractivity contribution < 1.29 is 4.74 Å². The minimum atomic E-state index is 0.553. The van der Waals surface area contributed by atoms with Gasteiger partial charge in [-0.15, -0.1) is 0 Å². The molecule has 2 rings (SSSR count). The Kier molecular flexibility index (Phi) is 5.79. The highest BCUT2D eigenvalue weighted by atomic mass is 16.5. The molecule has 0 atom stereocenters. The molecule has 2 heteroatoms. The molecule has 2 aliphatic rings. The van der Waals surface area contributed by atoms with Crippen LogP contribution in [0.1, 0.15) is 58.3 Å². The third-order valence-electron chi connectivity index (χ3n) is 4.33. The van der Waals surface area contributed by atoms with E-state index in [1.165, 1.54) is 64.6 Å². The Morgan fingerprint density at radius 3 is 2.35 bits per heavy atom. The van der Waals surface area contributed by atoms with E-state index in [9.17, 15) is 0 Å². The second-order valence-corrected chi connectivity index (χ2v) is 5.87. The summed E-state index contributed by atoms with van der Waals surface area (Å²) in [5, 5.41) is 0. The Morgan fingerprint density at radius 2 is 1.71 bits per heavy atom. The zero-order chi connectivity index (χ0) is 11.9. The van der Waals surface area contributed by atoms with Gasteiger partial charge in [0.15, 0.2) is 0 Å². The predicted molar refractivity (Wildman–Crippen MR) is 72.3 cm³/mol. The molecule has 0 unspecified atom stereocenters. The molecule has 0 amide bonds. The first-order valence-electron chi connectivity index (χ1n) is 7.72. The molecule has 0 spiro atoms. The Hall–Kier alpha value is -0.0800. The molecule has 2 fully saturated rings. The monoisotopic (exact) mass is 239 g/mol. The Labute approximate surface area is 107 Å². The van der Waals surface area contributed by atoms with E-state index in [1.54, 1.807) is 0 Å². The molecule has 100 valence electrons. The lowest BCUT2D eigenvalue weighted by molar-refractivity contribution is 0.00386. The van der Waals surface area contributed by atoms with Crippen molar-refractivity contribution in [3.8, 4) is 0 Å². The third-order valence-corrected chi connectivity index (χ3v) is 4.33. The van der Waals surface area contributed by atoms with Crippen LogP contribution >= 0.6 is 0 Å². The number of nitrogens with zero attached hydrogens (tertiary/aromatic N) is 1. The molecule has 17 heavy (non-hydrogen) atoms. The summed E-state index contributed by atoms with van der Waals surface area (Å²) in [5.74, 6) is 0.997. The van der Waals surface area contributed by atoms with Gasteiger partial charge in [0.2, 0.25) is 0 Å². The second kappa shape index (κ2) is 7.38. The summed E-state index contributed by atoms with van der Waals surface area (Å²) in [6, 6.07) is 0. The van der Waals surface area contributed by atoms with Gasteiger partial charge < -0.3 is 9.64 Å². The first-order valence-corrected chi connectivity index (χ1v) is 7.72. The van der Waals surface area contributed by atoms with Crippen LogP contribution < -0.4 is 0 Å². The number of ether oxygens (including phenoxy) is 1. The van der Waals surface area contributed by atoms with Crippen LogP contribution in [0.3, 0.4) is 0 Å². The molecule has 1 heterocycles. The molecule has 0 bridgehead atoms. The average Bonchev–Trinajstić information content (AvgIpc) is 2.39. The molecule has 0 radical (unpaired) electrons. The van der Waals surface area contributed by atoms with Gasteiger partial charge in [-0.3, -0.25) is 0 Å². The highest BCUT2D eigenvalue weighted by Crippen LogP contribution is 2.25. The number of piperidine rings is 1. The number of hydrogen-bond donors (Lipinski definition) is 0. The fourth-order valence-electron chi connectivity index (χ4n) is 3.28. The minimum absolute atomic E-state index is 0.553. The van der Waals surface area contributed by atoms with Crippen LogP contribution in [0.4, 0.5) is 0 Å². The molecule has 1 saturated carbocycles. The van der Waals surface area contributed by atoms with Gasteiger partial charge in [-0.25, -0.2) is 0 Å². The molecular formula is C15H29NO. The van der Waals surface area contributed by atoms with Crippen molar-refractivity contribution in [2.24, 2.45) is 5.92 Å². The van der Waals surface area contributed by atoms with E-state index in [1.807, 2.05) is 0 Å². The third kappa shape index (κ3) is 4.59. The van der Waals surface area contributed by atoms with Gasteiger partial charge in [0.05, 0.1) is 6.10 Å². The Bertz CT molecular complexity index is 193. The van der Waals surface area contributed by atoms with E-state index < -0.39 is 0 Å². The number of hydrogen-bond acceptors (Lipinski definition) is 2. The standard InChI is InChI=1S/C15H29NO/c1-2-12-17-15-8-10-16(11-9-15)13-14-6-4-3-5-7-14/h14-15H,2-13H2,1H3. The van der Waals surface area contributed by atoms with E-state index in [4.69, 9.17) is 4.74 Å². The maximum atomic E-state index is 5.84. The van der Waals surface area contributed by atoms with Crippen LogP contribution in [0.25, 0.3) is 0 Å². The molecule has 0 aromatic heterocycles. The fraction of sp³-hybridized carbons (Fsp3) is 1.00. The van der Waals surface area contributed by atoms with Gasteiger partial charge in [-0.1, -0.05) is 26.2 Å². The van der Waals surface area contributed by atoms with Gasteiger partial charge in [-0.2, -0.15) is 0 Å². The Balaban J connectivity index is 1.61. The number of likely N-dealkylation sites (tertiary alicyclic amines) is 1. The minimum Gasteiger partial charge on any atom is -0.378 e. The zero-order valence-electron chi connectivity index (χ0n) is 11.5. The SMILES string of the molecule is CCCOC1CCN(CC2CCCCC2)CC1. The molecule has 0 aromatic rings. The summed E-state index contributed by atoms with van der Waals surface area (Å²) >= 11 is 0. The highest BCUT2D eigenvalue weighted by Gasteiger charge is 2.22. The van der Waals surface area contributed by atoms with Crippen LogP contribution in [0, 0.1) is 5.92 Å². The highest BCUT2D eigenvalue weighted by molar-refractivity contribution is 4.76. The first-order chi connectivity index (χ1) is 8.38. The van der Waals surface area contributed by atoms with Crippen molar-refractivity contribution in [1.29, 1.82) is 0 Å². The van der Waals surface area contributed by atoms with Gasteiger partial charge in [0, 0.05) is 26.2 Å². The summed E-state index contributed by atoms with van der Waals surface area (Å²) in [7, 11) is 0.